The van der Waals surface area contributed by atoms with Crippen molar-refractivity contribution in [1.29, 1.82) is 0 Å². The zero-order valence-electron chi connectivity index (χ0n) is 38.5. The van der Waals surface area contributed by atoms with Gasteiger partial charge in [0.05, 0.1) is 24.6 Å². The number of aromatic nitrogens is 1. The summed E-state index contributed by atoms with van der Waals surface area (Å²) in [5, 5.41) is 36.3. The molecule has 2 bridgehead atoms. The monoisotopic (exact) mass is 989 g/mol. The van der Waals surface area contributed by atoms with Crippen LogP contribution in [0.4, 0.5) is 8.78 Å². The Morgan fingerprint density at radius 3 is 2.39 bits per heavy atom. The molecule has 1 fully saturated rings. The Kier molecular flexibility index (Phi) is 16.4. The van der Waals surface area contributed by atoms with Crippen LogP contribution in [0.15, 0.2) is 46.5 Å². The molecule has 2 aliphatic heterocycles. The molecule has 5 rings (SSSR count). The Balaban J connectivity index is 1.49. The Labute approximate surface area is 393 Å². The number of phosphoric ester groups is 1. The van der Waals surface area contributed by atoms with Crippen molar-refractivity contribution < 1.29 is 81.3 Å². The zero-order chi connectivity index (χ0) is 51.3. The fourth-order valence-corrected chi connectivity index (χ4v) is 9.34. The van der Waals surface area contributed by atoms with Gasteiger partial charge in [-0.1, -0.05) is 38.1 Å². The maximum atomic E-state index is 14.6. The average molecular weight is 990 g/mol. The Morgan fingerprint density at radius 2 is 1.77 bits per heavy atom. The number of aliphatic carboxylic acids is 2. The summed E-state index contributed by atoms with van der Waals surface area (Å²) in [5.41, 5.74) is -3.66. The number of ether oxygens (including phenoxy) is 2. The number of oxime groups is 1. The van der Waals surface area contributed by atoms with Gasteiger partial charge in [-0.25, -0.2) is 18.1 Å². The van der Waals surface area contributed by atoms with Crippen LogP contribution < -0.4 is 25.3 Å². The molecular formula is C45H54F2N5O16P. The summed E-state index contributed by atoms with van der Waals surface area (Å²) < 4.78 is 58.1. The van der Waals surface area contributed by atoms with Gasteiger partial charge in [0, 0.05) is 54.4 Å². The topological polar surface area (TPSA) is 310 Å². The molecule has 69 heavy (non-hydrogen) atoms. The van der Waals surface area contributed by atoms with Crippen LogP contribution in [0.25, 0.3) is 0 Å². The van der Waals surface area contributed by atoms with E-state index in [1.165, 1.54) is 43.7 Å². The highest BCUT2D eigenvalue weighted by molar-refractivity contribution is 7.46. The molecule has 7 N–H and O–H groups in total. The highest BCUT2D eigenvalue weighted by Gasteiger charge is 2.48. The van der Waals surface area contributed by atoms with Gasteiger partial charge in [0.1, 0.15) is 29.0 Å². The third-order valence-corrected chi connectivity index (χ3v) is 12.7. The SMILES string of the molecule is C/C(C[C@@]1(C)CC[C@H](C)N2C[C@H]1n1cc(C(=O)NCc3ccc(F)cc3F)c(=O)c(OCOC(=O)CC(C)(C)c3c(CC(=O)N[C@@H](CCC(=O)O)C(=O)O)cc(C)cc3OP(=O)(O)O)c1C2=O)=N/O. The number of carbonyl (C=O) groups excluding carboxylic acids is 4. The molecule has 374 valence electrons. The van der Waals surface area contributed by atoms with Gasteiger partial charge in [0.25, 0.3) is 11.8 Å². The first-order chi connectivity index (χ1) is 32.1. The second kappa shape index (κ2) is 21.3. The van der Waals surface area contributed by atoms with E-state index in [0.717, 1.165) is 12.1 Å². The van der Waals surface area contributed by atoms with Crippen molar-refractivity contribution in [3.8, 4) is 11.5 Å². The van der Waals surface area contributed by atoms with Crippen molar-refractivity contribution in [2.75, 3.05) is 13.3 Å². The second-order valence-electron chi connectivity index (χ2n) is 18.2. The normalized spacial score (nSPS) is 18.6. The number of fused-ring (bicyclic) bond motifs is 4. The van der Waals surface area contributed by atoms with Gasteiger partial charge < -0.3 is 49.5 Å². The molecule has 3 amide bonds. The highest BCUT2D eigenvalue weighted by Crippen LogP contribution is 2.48. The van der Waals surface area contributed by atoms with E-state index < -0.39 is 140 Å². The van der Waals surface area contributed by atoms with Gasteiger partial charge in [-0.3, -0.25) is 38.6 Å². The molecule has 4 atom stereocenters. The first-order valence-electron chi connectivity index (χ1n) is 21.6. The van der Waals surface area contributed by atoms with Crippen LogP contribution >= 0.6 is 7.82 Å². The fraction of sp³-hybridized carbons (Fsp3) is 0.467. The lowest BCUT2D eigenvalue weighted by Gasteiger charge is -2.43. The zero-order valence-corrected chi connectivity index (χ0v) is 39.4. The van der Waals surface area contributed by atoms with Crippen molar-refractivity contribution in [3.05, 3.63) is 91.9 Å². The van der Waals surface area contributed by atoms with Crippen LogP contribution in [0, 0.1) is 24.0 Å². The number of amides is 3. The fourth-order valence-electron chi connectivity index (χ4n) is 8.94. The number of aryl methyl sites for hydroxylation is 1. The molecule has 3 heterocycles. The second-order valence-corrected chi connectivity index (χ2v) is 19.4. The number of hydrogen-bond donors (Lipinski definition) is 7. The van der Waals surface area contributed by atoms with Crippen LogP contribution in [-0.4, -0.2) is 101 Å². The predicted molar refractivity (Wildman–Crippen MR) is 238 cm³/mol. The molecular weight excluding hydrogens is 935 g/mol. The molecule has 0 aliphatic carbocycles. The molecule has 0 spiro atoms. The number of carboxylic acid groups (broad SMARTS) is 2. The Morgan fingerprint density at radius 1 is 1.07 bits per heavy atom. The quantitative estimate of drug-likeness (QED) is 0.0205. The number of benzene rings is 2. The maximum absolute atomic E-state index is 14.6. The minimum atomic E-state index is -5.29. The summed E-state index contributed by atoms with van der Waals surface area (Å²) in [7, 11) is -5.29. The number of rotatable bonds is 20. The number of carboxylic acids is 2. The van der Waals surface area contributed by atoms with E-state index in [0.29, 0.717) is 30.2 Å². The molecule has 0 saturated carbocycles. The lowest BCUT2D eigenvalue weighted by atomic mass is 9.74. The predicted octanol–water partition coefficient (Wildman–Crippen LogP) is 4.49. The standard InChI is InChI=1S/C45H54F2N5O16P/c1-23-13-27(15-34(53)49-31(43(60)61)9-10-35(54)55)37(32(14-23)68-69(63,64)65)44(4,5)18-36(56)66-22-67-40-38-42(59)51-21-33(45(6,12-11-25(51)3)17-24(2)50-62)52(38)20-29(39(40)57)41(58)48-19-26-7-8-28(46)16-30(26)47/h7-8,13-14,16,20,25,31,33,62H,9-12,15,17-19,21-22H2,1-6H3,(H,48,58)(H,49,53)(H,54,55)(H,60,61)(H2,63,64,65)/b50-24-/t25-,31-,33+,45+/m0/s1. The smallest absolute Gasteiger partial charge is 0.481 e. The van der Waals surface area contributed by atoms with E-state index in [-0.39, 0.29) is 41.4 Å². The first-order valence-corrected chi connectivity index (χ1v) is 23.1. The van der Waals surface area contributed by atoms with E-state index in [4.69, 9.17) is 19.1 Å². The summed E-state index contributed by atoms with van der Waals surface area (Å²) in [6.45, 7) is 8.33. The minimum absolute atomic E-state index is 0.0425. The number of hydrogen-bond acceptors (Lipinski definition) is 13. The van der Waals surface area contributed by atoms with Crippen LogP contribution in [0.5, 0.6) is 11.5 Å². The highest BCUT2D eigenvalue weighted by atomic mass is 31.2. The van der Waals surface area contributed by atoms with Crippen molar-refractivity contribution in [2.24, 2.45) is 10.6 Å². The van der Waals surface area contributed by atoms with Crippen molar-refractivity contribution in [1.82, 2.24) is 20.1 Å². The first kappa shape index (κ1) is 53.2. The third-order valence-electron chi connectivity index (χ3n) is 12.2. The van der Waals surface area contributed by atoms with Crippen LogP contribution in [-0.2, 0) is 46.9 Å². The summed E-state index contributed by atoms with van der Waals surface area (Å²) >= 11 is 0. The largest absolute Gasteiger partial charge is 0.524 e. The van der Waals surface area contributed by atoms with Gasteiger partial charge in [-0.05, 0) is 75.1 Å². The van der Waals surface area contributed by atoms with E-state index in [1.54, 1.807) is 11.8 Å². The van der Waals surface area contributed by atoms with E-state index in [2.05, 4.69) is 15.8 Å². The number of nitrogens with zero attached hydrogens (tertiary/aromatic N) is 3. The van der Waals surface area contributed by atoms with Gasteiger partial charge >= 0.3 is 25.7 Å². The summed E-state index contributed by atoms with van der Waals surface area (Å²) in [6.07, 6.45) is 0.121. The van der Waals surface area contributed by atoms with E-state index >= 15 is 0 Å². The van der Waals surface area contributed by atoms with Gasteiger partial charge in [-0.2, -0.15) is 0 Å². The number of phosphoric acid groups is 1. The van der Waals surface area contributed by atoms with Crippen molar-refractivity contribution in [2.45, 2.75) is 117 Å². The molecule has 21 nitrogen and oxygen atoms in total. The van der Waals surface area contributed by atoms with Gasteiger partial charge in [0.15, 0.2) is 5.69 Å². The number of halogens is 2. The van der Waals surface area contributed by atoms with E-state index in [9.17, 15) is 67.0 Å². The molecule has 3 aromatic rings. The van der Waals surface area contributed by atoms with Crippen molar-refractivity contribution >= 4 is 49.2 Å². The number of carbonyl (C=O) groups is 6. The average Bonchev–Trinajstić information content (AvgIpc) is 3.34. The van der Waals surface area contributed by atoms with Crippen molar-refractivity contribution in [3.63, 3.8) is 0 Å². The molecule has 24 heteroatoms. The lowest BCUT2D eigenvalue weighted by molar-refractivity contribution is -0.151. The van der Waals surface area contributed by atoms with E-state index in [1.807, 2.05) is 13.8 Å². The summed E-state index contributed by atoms with van der Waals surface area (Å²) in [4.78, 5) is 114. The van der Waals surface area contributed by atoms with Crippen LogP contribution in [0.2, 0.25) is 0 Å². The third kappa shape index (κ3) is 12.9. The van der Waals surface area contributed by atoms with Crippen LogP contribution in [0.1, 0.15) is 122 Å². The maximum Gasteiger partial charge on any atom is 0.524 e. The Hall–Kier alpha value is -6.71. The molecule has 1 aromatic heterocycles. The molecule has 2 aromatic carbocycles. The number of nitrogens with one attached hydrogen (secondary N) is 2. The van der Waals surface area contributed by atoms with Crippen LogP contribution in [0.3, 0.4) is 0 Å². The minimum Gasteiger partial charge on any atom is -0.481 e. The molecule has 0 radical (unpaired) electrons. The lowest BCUT2D eigenvalue weighted by Crippen LogP contribution is -2.50. The molecule has 0 unspecified atom stereocenters. The summed E-state index contributed by atoms with van der Waals surface area (Å²) in [6, 6.07) is 2.77. The Bertz CT molecular complexity index is 2690. The molecule has 2 aliphatic rings. The summed E-state index contributed by atoms with van der Waals surface area (Å²) in [5.74, 6) is -9.40. The number of esters is 1. The van der Waals surface area contributed by atoms with Gasteiger partial charge in [-0.15, -0.1) is 0 Å². The molecule has 1 saturated heterocycles. The number of pyridine rings is 1. The van der Waals surface area contributed by atoms with Gasteiger partial charge in [0.2, 0.25) is 23.9 Å².